The Hall–Kier alpha value is -2.58. The van der Waals surface area contributed by atoms with Crippen molar-refractivity contribution >= 4 is 27.3 Å². The Morgan fingerprint density at radius 3 is 2.14 bits per heavy atom. The Labute approximate surface area is 164 Å². The predicted octanol–water partition coefficient (Wildman–Crippen LogP) is 5.07. The van der Waals surface area contributed by atoms with E-state index in [0.717, 1.165) is 18.4 Å². The first-order valence-electron chi connectivity index (χ1n) is 7.90. The minimum absolute atomic E-state index is 0.104. The zero-order valence-electron chi connectivity index (χ0n) is 14.5. The number of pyridine rings is 1. The second-order valence-electron chi connectivity index (χ2n) is 6.15. The van der Waals surface area contributed by atoms with Gasteiger partial charge in [0.2, 0.25) is 0 Å². The molecule has 3 rings (SSSR count). The van der Waals surface area contributed by atoms with Gasteiger partial charge in [-0.05, 0) is 35.9 Å². The lowest BCUT2D eigenvalue weighted by Gasteiger charge is -2.13. The predicted molar refractivity (Wildman–Crippen MR) is 103 cm³/mol. The molecule has 0 amide bonds. The van der Waals surface area contributed by atoms with Gasteiger partial charge in [0.15, 0.2) is 9.84 Å². The van der Waals surface area contributed by atoms with E-state index in [9.17, 15) is 21.6 Å². The fourth-order valence-electron chi connectivity index (χ4n) is 2.65. The summed E-state index contributed by atoms with van der Waals surface area (Å²) in [5.41, 5.74) is 7.02. The van der Waals surface area contributed by atoms with E-state index in [-0.39, 0.29) is 15.7 Å². The number of nitrogens with zero attached hydrogens (tertiary/aromatic N) is 1. The molecule has 0 fully saturated rings. The van der Waals surface area contributed by atoms with Crippen LogP contribution in [0.3, 0.4) is 0 Å². The summed E-state index contributed by atoms with van der Waals surface area (Å²) in [7, 11) is -3.33. The van der Waals surface area contributed by atoms with Gasteiger partial charge < -0.3 is 5.73 Å². The minimum atomic E-state index is -4.50. The van der Waals surface area contributed by atoms with Gasteiger partial charge in [-0.25, -0.2) is 13.4 Å². The first-order chi connectivity index (χ1) is 13.0. The number of hydrogen-bond acceptors (Lipinski definition) is 4. The highest BCUT2D eigenvalue weighted by Crippen LogP contribution is 2.38. The largest absolute Gasteiger partial charge is 0.416 e. The van der Waals surface area contributed by atoms with Crippen LogP contribution < -0.4 is 5.73 Å². The van der Waals surface area contributed by atoms with Crippen molar-refractivity contribution in [3.8, 4) is 22.3 Å². The number of anilines is 1. The highest BCUT2D eigenvalue weighted by Gasteiger charge is 2.31. The van der Waals surface area contributed by atoms with Gasteiger partial charge in [-0.3, -0.25) is 0 Å². The summed E-state index contributed by atoms with van der Waals surface area (Å²) in [6.07, 6.45) is -1.90. The molecule has 0 radical (unpaired) electrons. The van der Waals surface area contributed by atoms with Gasteiger partial charge in [-0.15, -0.1) is 0 Å². The van der Waals surface area contributed by atoms with Crippen molar-refractivity contribution in [2.24, 2.45) is 0 Å². The monoisotopic (exact) mass is 426 g/mol. The summed E-state index contributed by atoms with van der Waals surface area (Å²) in [5.74, 6) is 0.109. The van der Waals surface area contributed by atoms with Crippen LogP contribution in [0.15, 0.2) is 59.6 Å². The molecule has 0 unspecified atom stereocenters. The summed E-state index contributed by atoms with van der Waals surface area (Å²) >= 11 is 6.06. The lowest BCUT2D eigenvalue weighted by molar-refractivity contribution is -0.137. The van der Waals surface area contributed by atoms with Crippen molar-refractivity contribution in [2.75, 3.05) is 12.0 Å². The Kier molecular flexibility index (Phi) is 5.12. The summed E-state index contributed by atoms with van der Waals surface area (Å²) < 4.78 is 61.7. The maximum atomic E-state index is 12.8. The Balaban J connectivity index is 2.05. The minimum Gasteiger partial charge on any atom is -0.383 e. The van der Waals surface area contributed by atoms with Gasteiger partial charge in [0.05, 0.1) is 10.5 Å². The molecule has 0 aliphatic heterocycles. The van der Waals surface area contributed by atoms with Crippen molar-refractivity contribution in [3.05, 3.63) is 65.3 Å². The highest BCUT2D eigenvalue weighted by atomic mass is 35.5. The number of halogens is 4. The zero-order chi connectivity index (χ0) is 20.7. The highest BCUT2D eigenvalue weighted by molar-refractivity contribution is 7.90. The third kappa shape index (κ3) is 4.13. The third-order valence-electron chi connectivity index (χ3n) is 4.12. The molecule has 0 aliphatic carbocycles. The smallest absolute Gasteiger partial charge is 0.383 e. The number of sulfone groups is 1. The molecule has 146 valence electrons. The average molecular weight is 427 g/mol. The summed E-state index contributed by atoms with van der Waals surface area (Å²) in [5, 5.41) is -0.104. The molecule has 3 aromatic rings. The van der Waals surface area contributed by atoms with E-state index in [1.165, 1.54) is 24.4 Å². The van der Waals surface area contributed by atoms with Crippen LogP contribution in [0.4, 0.5) is 19.0 Å². The molecule has 4 nitrogen and oxygen atoms in total. The molecule has 0 spiro atoms. The summed E-state index contributed by atoms with van der Waals surface area (Å²) in [4.78, 5) is 4.27. The van der Waals surface area contributed by atoms with Crippen molar-refractivity contribution in [1.82, 2.24) is 4.98 Å². The molecular formula is C19H14ClF3N2O2S. The number of aromatic nitrogens is 1. The van der Waals surface area contributed by atoms with E-state index < -0.39 is 21.6 Å². The second kappa shape index (κ2) is 7.10. The van der Waals surface area contributed by atoms with E-state index in [4.69, 9.17) is 17.3 Å². The molecule has 0 aliphatic rings. The van der Waals surface area contributed by atoms with Gasteiger partial charge in [0, 0.05) is 34.2 Å². The van der Waals surface area contributed by atoms with Gasteiger partial charge in [0.1, 0.15) is 5.82 Å². The molecular weight excluding hydrogens is 413 g/mol. The third-order valence-corrected chi connectivity index (χ3v) is 5.56. The molecule has 0 bridgehead atoms. The van der Waals surface area contributed by atoms with Crippen LogP contribution >= 0.6 is 11.6 Å². The topological polar surface area (TPSA) is 73.0 Å². The fraction of sp³-hybridized carbons (Fsp3) is 0.105. The Bertz CT molecular complexity index is 1140. The van der Waals surface area contributed by atoms with Gasteiger partial charge in [0.25, 0.3) is 0 Å². The van der Waals surface area contributed by atoms with Crippen LogP contribution in [0.2, 0.25) is 5.02 Å². The molecule has 2 N–H and O–H groups in total. The van der Waals surface area contributed by atoms with Crippen molar-refractivity contribution in [2.45, 2.75) is 11.1 Å². The van der Waals surface area contributed by atoms with Crippen LogP contribution in [-0.2, 0) is 16.0 Å². The van der Waals surface area contributed by atoms with Gasteiger partial charge in [-0.1, -0.05) is 29.8 Å². The molecule has 1 aromatic heterocycles. The second-order valence-corrected chi connectivity index (χ2v) is 8.57. The Morgan fingerprint density at radius 1 is 0.964 bits per heavy atom. The number of rotatable bonds is 3. The summed E-state index contributed by atoms with van der Waals surface area (Å²) in [6, 6.07) is 10.8. The van der Waals surface area contributed by atoms with E-state index in [1.807, 2.05) is 0 Å². The van der Waals surface area contributed by atoms with Gasteiger partial charge in [-0.2, -0.15) is 13.2 Å². The first-order valence-corrected chi connectivity index (χ1v) is 10.2. The molecule has 9 heteroatoms. The van der Waals surface area contributed by atoms with Crippen LogP contribution in [0.1, 0.15) is 5.56 Å². The van der Waals surface area contributed by atoms with Crippen LogP contribution in [-0.4, -0.2) is 19.7 Å². The van der Waals surface area contributed by atoms with E-state index in [0.29, 0.717) is 22.3 Å². The number of benzene rings is 2. The van der Waals surface area contributed by atoms with E-state index in [1.54, 1.807) is 18.2 Å². The van der Waals surface area contributed by atoms with Crippen LogP contribution in [0, 0.1) is 0 Å². The number of nitrogen functional groups attached to an aromatic ring is 1. The van der Waals surface area contributed by atoms with E-state index >= 15 is 0 Å². The molecule has 28 heavy (non-hydrogen) atoms. The standard InChI is InChI=1S/C19H14ClF3N2O2S/c1-28(26,27)14-5-2-11(3-6-14)12-8-16(18(24)25-10-12)15-7-4-13(9-17(15)20)19(21,22)23/h2-10H,1H3,(H2,24,25). The van der Waals surface area contributed by atoms with Crippen molar-refractivity contribution in [3.63, 3.8) is 0 Å². The maximum Gasteiger partial charge on any atom is 0.416 e. The van der Waals surface area contributed by atoms with Crippen LogP contribution in [0.5, 0.6) is 0 Å². The molecule has 0 atom stereocenters. The number of hydrogen-bond donors (Lipinski definition) is 1. The molecule has 0 saturated heterocycles. The Morgan fingerprint density at radius 2 is 1.61 bits per heavy atom. The lowest BCUT2D eigenvalue weighted by atomic mass is 10.00. The normalized spacial score (nSPS) is 12.2. The molecule has 0 saturated carbocycles. The molecule has 2 aromatic carbocycles. The SMILES string of the molecule is CS(=O)(=O)c1ccc(-c2cnc(N)c(-c3ccc(C(F)(F)F)cc3Cl)c2)cc1. The van der Waals surface area contributed by atoms with Crippen LogP contribution in [0.25, 0.3) is 22.3 Å². The zero-order valence-corrected chi connectivity index (χ0v) is 16.0. The maximum absolute atomic E-state index is 12.8. The quantitative estimate of drug-likeness (QED) is 0.634. The summed E-state index contributed by atoms with van der Waals surface area (Å²) in [6.45, 7) is 0. The molecule has 1 heterocycles. The average Bonchev–Trinajstić information content (AvgIpc) is 2.61. The van der Waals surface area contributed by atoms with Gasteiger partial charge >= 0.3 is 6.18 Å². The first kappa shape index (κ1) is 20.2. The fourth-order valence-corrected chi connectivity index (χ4v) is 3.57. The van der Waals surface area contributed by atoms with Crippen molar-refractivity contribution in [1.29, 1.82) is 0 Å². The number of nitrogens with two attached hydrogens (primary N) is 1. The lowest BCUT2D eigenvalue weighted by Crippen LogP contribution is -2.05. The van der Waals surface area contributed by atoms with Crippen molar-refractivity contribution < 1.29 is 21.6 Å². The number of alkyl halides is 3. The van der Waals surface area contributed by atoms with E-state index in [2.05, 4.69) is 4.98 Å².